The summed E-state index contributed by atoms with van der Waals surface area (Å²) in [6.07, 6.45) is 8.06. The molecule has 0 aromatic rings. The van der Waals surface area contributed by atoms with Gasteiger partial charge in [0.15, 0.2) is 0 Å². The van der Waals surface area contributed by atoms with E-state index in [1.165, 1.54) is 64.7 Å². The summed E-state index contributed by atoms with van der Waals surface area (Å²) in [5.74, 6) is 1.79. The van der Waals surface area contributed by atoms with E-state index in [0.29, 0.717) is 0 Å². The van der Waals surface area contributed by atoms with Gasteiger partial charge in [0.25, 0.3) is 0 Å². The molecular weight excluding hydrogens is 232 g/mol. The lowest BCUT2D eigenvalue weighted by Crippen LogP contribution is -2.46. The van der Waals surface area contributed by atoms with Gasteiger partial charge in [0.2, 0.25) is 0 Å². The number of hydrogen-bond acceptors (Lipinski definition) is 2. The smallest absolute Gasteiger partial charge is 0.0108 e. The van der Waals surface area contributed by atoms with E-state index in [1.54, 1.807) is 0 Å². The maximum atomic E-state index is 3.80. The SMILES string of the molecule is CCCNC1CCC(C)CC1CN(CCC)CCC. The summed E-state index contributed by atoms with van der Waals surface area (Å²) in [7, 11) is 0. The fraction of sp³-hybridized carbons (Fsp3) is 1.00. The molecule has 0 heterocycles. The summed E-state index contributed by atoms with van der Waals surface area (Å²) in [6.45, 7) is 14.4. The molecule has 1 aliphatic rings. The Labute approximate surface area is 121 Å². The van der Waals surface area contributed by atoms with Crippen LogP contribution in [0, 0.1) is 11.8 Å². The van der Waals surface area contributed by atoms with Crippen molar-refractivity contribution in [2.45, 2.75) is 72.3 Å². The molecule has 19 heavy (non-hydrogen) atoms. The molecule has 1 aliphatic carbocycles. The van der Waals surface area contributed by atoms with Gasteiger partial charge in [-0.25, -0.2) is 0 Å². The van der Waals surface area contributed by atoms with Crippen LogP contribution in [0.4, 0.5) is 0 Å². The van der Waals surface area contributed by atoms with Crippen LogP contribution < -0.4 is 5.32 Å². The Morgan fingerprint density at radius 1 is 1.00 bits per heavy atom. The maximum Gasteiger partial charge on any atom is 0.0108 e. The first kappa shape index (κ1) is 17.0. The molecule has 3 unspecified atom stereocenters. The highest BCUT2D eigenvalue weighted by Crippen LogP contribution is 2.30. The predicted molar refractivity (Wildman–Crippen MR) is 85.6 cm³/mol. The van der Waals surface area contributed by atoms with Crippen LogP contribution in [0.1, 0.15) is 66.2 Å². The molecule has 0 amide bonds. The van der Waals surface area contributed by atoms with Crippen LogP contribution in [0.15, 0.2) is 0 Å². The highest BCUT2D eigenvalue weighted by atomic mass is 15.1. The highest BCUT2D eigenvalue weighted by molar-refractivity contribution is 4.85. The molecule has 114 valence electrons. The Balaban J connectivity index is 2.51. The molecule has 2 nitrogen and oxygen atoms in total. The Morgan fingerprint density at radius 2 is 1.68 bits per heavy atom. The summed E-state index contributed by atoms with van der Waals surface area (Å²) in [6, 6.07) is 0.771. The zero-order valence-electron chi connectivity index (χ0n) is 13.8. The largest absolute Gasteiger partial charge is 0.314 e. The Kier molecular flexibility index (Phi) is 8.72. The van der Waals surface area contributed by atoms with Crippen molar-refractivity contribution in [3.05, 3.63) is 0 Å². The van der Waals surface area contributed by atoms with Crippen LogP contribution in [0.25, 0.3) is 0 Å². The van der Waals surface area contributed by atoms with Crippen LogP contribution in [0.2, 0.25) is 0 Å². The lowest BCUT2D eigenvalue weighted by atomic mass is 9.78. The summed E-state index contributed by atoms with van der Waals surface area (Å²) in [5, 5.41) is 3.80. The van der Waals surface area contributed by atoms with Gasteiger partial charge in [0.1, 0.15) is 0 Å². The van der Waals surface area contributed by atoms with Crippen molar-refractivity contribution in [2.24, 2.45) is 11.8 Å². The van der Waals surface area contributed by atoms with E-state index in [0.717, 1.165) is 17.9 Å². The Morgan fingerprint density at radius 3 is 2.26 bits per heavy atom. The van der Waals surface area contributed by atoms with Crippen molar-refractivity contribution in [1.29, 1.82) is 0 Å². The van der Waals surface area contributed by atoms with E-state index >= 15 is 0 Å². The van der Waals surface area contributed by atoms with Crippen molar-refractivity contribution in [3.8, 4) is 0 Å². The number of hydrogen-bond donors (Lipinski definition) is 1. The average Bonchev–Trinajstić information content (AvgIpc) is 2.38. The zero-order valence-corrected chi connectivity index (χ0v) is 13.8. The molecule has 1 saturated carbocycles. The maximum absolute atomic E-state index is 3.80. The van der Waals surface area contributed by atoms with Gasteiger partial charge in [-0.05, 0) is 70.0 Å². The summed E-state index contributed by atoms with van der Waals surface area (Å²) < 4.78 is 0. The van der Waals surface area contributed by atoms with E-state index < -0.39 is 0 Å². The molecular formula is C17H36N2. The van der Waals surface area contributed by atoms with Crippen LogP contribution in [-0.4, -0.2) is 37.1 Å². The quantitative estimate of drug-likeness (QED) is 0.682. The first-order chi connectivity index (χ1) is 9.21. The molecule has 0 aromatic heterocycles. The van der Waals surface area contributed by atoms with Crippen LogP contribution in [-0.2, 0) is 0 Å². The van der Waals surface area contributed by atoms with Gasteiger partial charge in [0.05, 0.1) is 0 Å². The van der Waals surface area contributed by atoms with Crippen LogP contribution in [0.3, 0.4) is 0 Å². The van der Waals surface area contributed by atoms with Crippen LogP contribution >= 0.6 is 0 Å². The van der Waals surface area contributed by atoms with Crippen molar-refractivity contribution in [2.75, 3.05) is 26.2 Å². The van der Waals surface area contributed by atoms with Crippen molar-refractivity contribution in [3.63, 3.8) is 0 Å². The lowest BCUT2D eigenvalue weighted by molar-refractivity contribution is 0.144. The summed E-state index contributed by atoms with van der Waals surface area (Å²) >= 11 is 0. The van der Waals surface area contributed by atoms with E-state index in [4.69, 9.17) is 0 Å². The highest BCUT2D eigenvalue weighted by Gasteiger charge is 2.29. The van der Waals surface area contributed by atoms with Crippen molar-refractivity contribution >= 4 is 0 Å². The molecule has 1 N–H and O–H groups in total. The molecule has 1 fully saturated rings. The van der Waals surface area contributed by atoms with Gasteiger partial charge in [-0.15, -0.1) is 0 Å². The lowest BCUT2D eigenvalue weighted by Gasteiger charge is -2.38. The van der Waals surface area contributed by atoms with Gasteiger partial charge in [-0.1, -0.05) is 27.7 Å². The van der Waals surface area contributed by atoms with Gasteiger partial charge in [0, 0.05) is 12.6 Å². The zero-order chi connectivity index (χ0) is 14.1. The fourth-order valence-corrected chi connectivity index (χ4v) is 3.56. The molecule has 0 spiro atoms. The molecule has 0 radical (unpaired) electrons. The Hall–Kier alpha value is -0.0800. The minimum absolute atomic E-state index is 0.771. The van der Waals surface area contributed by atoms with Gasteiger partial charge in [-0.3, -0.25) is 0 Å². The first-order valence-electron chi connectivity index (χ1n) is 8.66. The van der Waals surface area contributed by atoms with Gasteiger partial charge < -0.3 is 10.2 Å². The normalized spacial score (nSPS) is 27.9. The van der Waals surface area contributed by atoms with Gasteiger partial charge in [-0.2, -0.15) is 0 Å². The van der Waals surface area contributed by atoms with Crippen LogP contribution in [0.5, 0.6) is 0 Å². The van der Waals surface area contributed by atoms with E-state index in [2.05, 4.69) is 37.9 Å². The predicted octanol–water partition coefficient (Wildman–Crippen LogP) is 3.91. The molecule has 1 rings (SSSR count). The molecule has 0 aromatic carbocycles. The van der Waals surface area contributed by atoms with Crippen molar-refractivity contribution in [1.82, 2.24) is 10.2 Å². The molecule has 0 aliphatic heterocycles. The molecule has 0 bridgehead atoms. The minimum Gasteiger partial charge on any atom is -0.314 e. The Bertz CT molecular complexity index is 209. The molecule has 3 atom stereocenters. The second kappa shape index (κ2) is 9.77. The fourth-order valence-electron chi connectivity index (χ4n) is 3.56. The topological polar surface area (TPSA) is 15.3 Å². The number of nitrogens with one attached hydrogen (secondary N) is 1. The molecule has 2 heteroatoms. The standard InChI is InChI=1S/C17H36N2/c1-5-10-18-17-9-8-15(4)13-16(17)14-19(11-6-2)12-7-3/h15-18H,5-14H2,1-4H3. The first-order valence-corrected chi connectivity index (χ1v) is 8.66. The van der Waals surface area contributed by atoms with E-state index in [1.807, 2.05) is 0 Å². The summed E-state index contributed by atoms with van der Waals surface area (Å²) in [4.78, 5) is 2.70. The minimum atomic E-state index is 0.771. The number of rotatable bonds is 9. The van der Waals surface area contributed by atoms with E-state index in [-0.39, 0.29) is 0 Å². The summed E-state index contributed by atoms with van der Waals surface area (Å²) in [5.41, 5.74) is 0. The third-order valence-electron chi connectivity index (χ3n) is 4.47. The van der Waals surface area contributed by atoms with Gasteiger partial charge >= 0.3 is 0 Å². The monoisotopic (exact) mass is 268 g/mol. The van der Waals surface area contributed by atoms with E-state index in [9.17, 15) is 0 Å². The average molecular weight is 268 g/mol. The second-order valence-corrected chi connectivity index (χ2v) is 6.54. The second-order valence-electron chi connectivity index (χ2n) is 6.54. The number of nitrogens with zero attached hydrogens (tertiary/aromatic N) is 1. The third kappa shape index (κ3) is 6.27. The third-order valence-corrected chi connectivity index (χ3v) is 4.47. The van der Waals surface area contributed by atoms with Crippen molar-refractivity contribution < 1.29 is 0 Å². The molecule has 0 saturated heterocycles.